The van der Waals surface area contributed by atoms with E-state index in [9.17, 15) is 9.59 Å². The standard InChI is InChI=1S/C19H24N4O3S.ClH/c1-12-5-6-16(26-2)13(10-12)22-18(24)15-4-3-9-23(15)19(25)14-11-27-17(21-14)7-8-20;/h5-6,10-11,15H,3-4,7-9,20H2,1-2H3,(H,22,24);1H. The van der Waals surface area contributed by atoms with Gasteiger partial charge in [-0.15, -0.1) is 23.7 Å². The van der Waals surface area contributed by atoms with E-state index in [-0.39, 0.29) is 24.2 Å². The molecule has 152 valence electrons. The molecule has 1 unspecified atom stereocenters. The number of ether oxygens (including phenoxy) is 1. The average molecular weight is 425 g/mol. The number of hydrogen-bond acceptors (Lipinski definition) is 6. The number of aromatic nitrogens is 1. The molecule has 0 aliphatic carbocycles. The summed E-state index contributed by atoms with van der Waals surface area (Å²) in [6.07, 6.45) is 2.06. The molecule has 1 aliphatic rings. The maximum absolute atomic E-state index is 12.9. The molecule has 1 aliphatic heterocycles. The highest BCUT2D eigenvalue weighted by atomic mass is 35.5. The largest absolute Gasteiger partial charge is 0.495 e. The molecule has 2 heterocycles. The molecule has 1 aromatic heterocycles. The first-order valence-corrected chi connectivity index (χ1v) is 9.82. The molecule has 3 rings (SSSR count). The van der Waals surface area contributed by atoms with Crippen molar-refractivity contribution in [1.29, 1.82) is 0 Å². The van der Waals surface area contributed by atoms with E-state index in [1.54, 1.807) is 17.4 Å². The molecule has 0 saturated carbocycles. The number of likely N-dealkylation sites (tertiary alicyclic amines) is 1. The summed E-state index contributed by atoms with van der Waals surface area (Å²) in [6.45, 7) is 2.99. The Morgan fingerprint density at radius 2 is 2.21 bits per heavy atom. The van der Waals surface area contributed by atoms with Crippen LogP contribution in [0.15, 0.2) is 23.6 Å². The number of carbonyl (C=O) groups excluding carboxylic acids is 2. The summed E-state index contributed by atoms with van der Waals surface area (Å²) in [5, 5.41) is 5.49. The molecule has 1 aromatic carbocycles. The molecule has 0 bridgehead atoms. The van der Waals surface area contributed by atoms with Gasteiger partial charge in [-0.25, -0.2) is 4.98 Å². The molecule has 0 radical (unpaired) electrons. The first-order chi connectivity index (χ1) is 13.0. The molecule has 7 nitrogen and oxygen atoms in total. The van der Waals surface area contributed by atoms with Crippen molar-refractivity contribution in [1.82, 2.24) is 9.88 Å². The van der Waals surface area contributed by atoms with Gasteiger partial charge in [-0.3, -0.25) is 9.59 Å². The average Bonchev–Trinajstić information content (AvgIpc) is 3.31. The lowest BCUT2D eigenvalue weighted by Gasteiger charge is -2.23. The predicted octanol–water partition coefficient (Wildman–Crippen LogP) is 2.63. The monoisotopic (exact) mass is 424 g/mol. The lowest BCUT2D eigenvalue weighted by atomic mass is 10.1. The second-order valence-electron chi connectivity index (χ2n) is 6.51. The number of carbonyl (C=O) groups is 2. The van der Waals surface area contributed by atoms with Crippen LogP contribution in [0.1, 0.15) is 33.9 Å². The van der Waals surface area contributed by atoms with Gasteiger partial charge in [0.15, 0.2) is 0 Å². The maximum atomic E-state index is 12.9. The fourth-order valence-electron chi connectivity index (χ4n) is 3.21. The Morgan fingerprint density at radius 1 is 1.43 bits per heavy atom. The van der Waals surface area contributed by atoms with Gasteiger partial charge in [-0.05, 0) is 44.0 Å². The van der Waals surface area contributed by atoms with Crippen molar-refractivity contribution in [2.45, 2.75) is 32.2 Å². The molecule has 28 heavy (non-hydrogen) atoms. The van der Waals surface area contributed by atoms with Crippen LogP contribution in [0.5, 0.6) is 5.75 Å². The van der Waals surface area contributed by atoms with Crippen LogP contribution in [0.25, 0.3) is 0 Å². The molecule has 1 saturated heterocycles. The number of nitrogens with two attached hydrogens (primary N) is 1. The number of aryl methyl sites for hydroxylation is 1. The van der Waals surface area contributed by atoms with Gasteiger partial charge < -0.3 is 20.7 Å². The number of hydrogen-bond donors (Lipinski definition) is 2. The summed E-state index contributed by atoms with van der Waals surface area (Å²) in [4.78, 5) is 31.7. The Bertz CT molecular complexity index is 842. The number of anilines is 1. The molecule has 9 heteroatoms. The van der Waals surface area contributed by atoms with Gasteiger partial charge in [0, 0.05) is 18.3 Å². The summed E-state index contributed by atoms with van der Waals surface area (Å²) >= 11 is 1.42. The first kappa shape index (κ1) is 22.1. The Morgan fingerprint density at radius 3 is 2.93 bits per heavy atom. The van der Waals surface area contributed by atoms with E-state index in [0.717, 1.165) is 17.0 Å². The van der Waals surface area contributed by atoms with Crippen molar-refractivity contribution in [2.75, 3.05) is 25.5 Å². The number of methoxy groups -OCH3 is 1. The van der Waals surface area contributed by atoms with Gasteiger partial charge >= 0.3 is 0 Å². The molecule has 2 aromatic rings. The number of amides is 2. The number of nitrogens with zero attached hydrogens (tertiary/aromatic N) is 2. The number of benzene rings is 1. The first-order valence-electron chi connectivity index (χ1n) is 8.94. The minimum Gasteiger partial charge on any atom is -0.495 e. The quantitative estimate of drug-likeness (QED) is 0.742. The van der Waals surface area contributed by atoms with E-state index in [0.29, 0.717) is 43.1 Å². The van der Waals surface area contributed by atoms with E-state index >= 15 is 0 Å². The van der Waals surface area contributed by atoms with E-state index in [2.05, 4.69) is 10.3 Å². The zero-order chi connectivity index (χ0) is 19.4. The van der Waals surface area contributed by atoms with Crippen LogP contribution in [0.4, 0.5) is 5.69 Å². The van der Waals surface area contributed by atoms with Crippen molar-refractivity contribution in [3.63, 3.8) is 0 Å². The third-order valence-corrected chi connectivity index (χ3v) is 5.47. The van der Waals surface area contributed by atoms with Gasteiger partial charge in [0.05, 0.1) is 17.8 Å². The van der Waals surface area contributed by atoms with Crippen LogP contribution >= 0.6 is 23.7 Å². The fraction of sp³-hybridized carbons (Fsp3) is 0.421. The van der Waals surface area contributed by atoms with Crippen LogP contribution < -0.4 is 15.8 Å². The van der Waals surface area contributed by atoms with Crippen LogP contribution in [0.2, 0.25) is 0 Å². The third-order valence-electron chi connectivity index (χ3n) is 4.56. The SMILES string of the molecule is COc1ccc(C)cc1NC(=O)C1CCCN1C(=O)c1csc(CCN)n1.Cl. The zero-order valence-corrected chi connectivity index (χ0v) is 17.6. The molecule has 1 atom stereocenters. The van der Waals surface area contributed by atoms with Gasteiger partial charge in [-0.2, -0.15) is 0 Å². The van der Waals surface area contributed by atoms with Gasteiger partial charge in [0.2, 0.25) is 5.91 Å². The highest BCUT2D eigenvalue weighted by molar-refractivity contribution is 7.09. The molecule has 3 N–H and O–H groups in total. The number of thiazole rings is 1. The van der Waals surface area contributed by atoms with E-state index in [4.69, 9.17) is 10.5 Å². The molecule has 2 amide bonds. The topological polar surface area (TPSA) is 97.5 Å². The summed E-state index contributed by atoms with van der Waals surface area (Å²) in [6, 6.07) is 5.08. The van der Waals surface area contributed by atoms with Gasteiger partial charge in [-0.1, -0.05) is 6.07 Å². The van der Waals surface area contributed by atoms with Crippen LogP contribution in [-0.2, 0) is 11.2 Å². The van der Waals surface area contributed by atoms with E-state index in [1.165, 1.54) is 11.3 Å². The Labute approximate surface area is 174 Å². The van der Waals surface area contributed by atoms with E-state index < -0.39 is 6.04 Å². The second-order valence-corrected chi connectivity index (χ2v) is 7.46. The Balaban J connectivity index is 0.00000280. The normalized spacial score (nSPS) is 15.8. The Kier molecular flexibility index (Phi) is 7.79. The number of rotatable bonds is 6. The summed E-state index contributed by atoms with van der Waals surface area (Å²) in [5.74, 6) is 0.182. The molecular formula is C19H25ClN4O3S. The summed E-state index contributed by atoms with van der Waals surface area (Å²) in [7, 11) is 1.56. The summed E-state index contributed by atoms with van der Waals surface area (Å²) < 4.78 is 5.32. The summed E-state index contributed by atoms with van der Waals surface area (Å²) in [5.41, 5.74) is 7.56. The van der Waals surface area contributed by atoms with E-state index in [1.807, 2.05) is 25.1 Å². The van der Waals surface area contributed by atoms with Gasteiger partial charge in [0.25, 0.3) is 5.91 Å². The van der Waals surface area contributed by atoms with Crippen LogP contribution in [0, 0.1) is 6.92 Å². The Hall–Kier alpha value is -2.16. The van der Waals surface area contributed by atoms with Crippen molar-refractivity contribution in [2.24, 2.45) is 5.73 Å². The number of halogens is 1. The highest BCUT2D eigenvalue weighted by Crippen LogP contribution is 2.27. The van der Waals surface area contributed by atoms with Crippen molar-refractivity contribution in [3.05, 3.63) is 39.8 Å². The smallest absolute Gasteiger partial charge is 0.274 e. The lowest BCUT2D eigenvalue weighted by molar-refractivity contribution is -0.119. The lowest BCUT2D eigenvalue weighted by Crippen LogP contribution is -2.43. The van der Waals surface area contributed by atoms with Crippen molar-refractivity contribution >= 4 is 41.2 Å². The third kappa shape index (κ3) is 4.81. The molecule has 1 fully saturated rings. The second kappa shape index (κ2) is 9.86. The highest BCUT2D eigenvalue weighted by Gasteiger charge is 2.35. The predicted molar refractivity (Wildman–Crippen MR) is 113 cm³/mol. The minimum absolute atomic E-state index is 0. The molecule has 0 spiro atoms. The van der Waals surface area contributed by atoms with Gasteiger partial charge in [0.1, 0.15) is 17.5 Å². The minimum atomic E-state index is -0.512. The fourth-order valence-corrected chi connectivity index (χ4v) is 4.00. The molecular weight excluding hydrogens is 400 g/mol. The van der Waals surface area contributed by atoms with Crippen LogP contribution in [-0.4, -0.2) is 47.9 Å². The van der Waals surface area contributed by atoms with Crippen molar-refractivity contribution in [3.8, 4) is 5.75 Å². The number of nitrogens with one attached hydrogen (secondary N) is 1. The van der Waals surface area contributed by atoms with Crippen LogP contribution in [0.3, 0.4) is 0 Å². The zero-order valence-electron chi connectivity index (χ0n) is 15.9. The maximum Gasteiger partial charge on any atom is 0.274 e. The van der Waals surface area contributed by atoms with Crippen molar-refractivity contribution < 1.29 is 14.3 Å².